The number of anilines is 1. The van der Waals surface area contributed by atoms with Crippen molar-refractivity contribution in [3.05, 3.63) is 48.2 Å². The minimum Gasteiger partial charge on any atom is -0.338 e. The summed E-state index contributed by atoms with van der Waals surface area (Å²) in [7, 11) is 0. The van der Waals surface area contributed by atoms with Gasteiger partial charge in [-0.3, -0.25) is 19.5 Å². The predicted octanol–water partition coefficient (Wildman–Crippen LogP) is 1.66. The molecule has 4 rings (SSSR count). The number of amides is 2. The van der Waals surface area contributed by atoms with E-state index in [-0.39, 0.29) is 23.9 Å². The fourth-order valence-electron chi connectivity index (χ4n) is 3.09. The second kappa shape index (κ2) is 6.58. The Balaban J connectivity index is 1.66. The molecule has 25 heavy (non-hydrogen) atoms. The fourth-order valence-corrected chi connectivity index (χ4v) is 3.09. The molecule has 2 amide bonds. The van der Waals surface area contributed by atoms with E-state index in [0.717, 1.165) is 12.1 Å². The van der Waals surface area contributed by atoms with E-state index in [9.17, 15) is 9.59 Å². The van der Waals surface area contributed by atoms with Crippen molar-refractivity contribution in [1.29, 1.82) is 0 Å². The summed E-state index contributed by atoms with van der Waals surface area (Å²) in [5.74, 6) is 1.03. The van der Waals surface area contributed by atoms with E-state index in [1.165, 1.54) is 31.4 Å². The maximum absolute atomic E-state index is 12.9. The summed E-state index contributed by atoms with van der Waals surface area (Å²) in [5.41, 5.74) is 1.13. The lowest BCUT2D eigenvalue weighted by molar-refractivity contribution is -0.132. The molecule has 2 aliphatic rings. The van der Waals surface area contributed by atoms with Crippen LogP contribution < -0.4 is 4.90 Å². The van der Waals surface area contributed by atoms with Crippen molar-refractivity contribution in [2.24, 2.45) is 5.92 Å². The second-order valence-electron chi connectivity index (χ2n) is 6.50. The minimum absolute atomic E-state index is 0.0818. The van der Waals surface area contributed by atoms with Crippen molar-refractivity contribution in [3.63, 3.8) is 0 Å². The molecule has 0 radical (unpaired) electrons. The van der Waals surface area contributed by atoms with Gasteiger partial charge in [0.25, 0.3) is 5.91 Å². The van der Waals surface area contributed by atoms with Gasteiger partial charge in [0.1, 0.15) is 11.5 Å². The van der Waals surface area contributed by atoms with E-state index < -0.39 is 0 Å². The Labute approximate surface area is 145 Å². The normalized spacial score (nSPS) is 17.7. The standard InChI is InChI=1S/C18H19N5O2/c24-16-5-9-23(18(25)15-10-19-7-8-20-15)17-14(2-1-6-21-17)12-22(16)11-13-3-4-13/h1-2,6-8,10,13H,3-5,9,11-12H2. The number of hydrogen-bond acceptors (Lipinski definition) is 5. The van der Waals surface area contributed by atoms with Crippen molar-refractivity contribution < 1.29 is 9.59 Å². The quantitative estimate of drug-likeness (QED) is 0.851. The van der Waals surface area contributed by atoms with E-state index >= 15 is 0 Å². The molecule has 7 heteroatoms. The molecule has 128 valence electrons. The Morgan fingerprint density at radius 3 is 2.84 bits per heavy atom. The summed E-state index contributed by atoms with van der Waals surface area (Å²) < 4.78 is 0. The summed E-state index contributed by atoms with van der Waals surface area (Å²) in [4.78, 5) is 41.4. The SMILES string of the molecule is O=C1CCN(C(=O)c2cnccn2)c2ncccc2CN1CC1CC1. The van der Waals surface area contributed by atoms with Crippen LogP contribution >= 0.6 is 0 Å². The summed E-state index contributed by atoms with van der Waals surface area (Å²) in [6.07, 6.45) is 8.79. The van der Waals surface area contributed by atoms with Crippen LogP contribution in [0.5, 0.6) is 0 Å². The van der Waals surface area contributed by atoms with Gasteiger partial charge in [0.15, 0.2) is 0 Å². The van der Waals surface area contributed by atoms with Crippen LogP contribution in [0.15, 0.2) is 36.9 Å². The third kappa shape index (κ3) is 3.35. The van der Waals surface area contributed by atoms with E-state index in [2.05, 4.69) is 15.0 Å². The molecule has 0 saturated heterocycles. The Hall–Kier alpha value is -2.83. The molecule has 3 heterocycles. The lowest BCUT2D eigenvalue weighted by Gasteiger charge is -2.31. The van der Waals surface area contributed by atoms with E-state index in [0.29, 0.717) is 24.8 Å². The van der Waals surface area contributed by atoms with Gasteiger partial charge in [-0.25, -0.2) is 9.97 Å². The van der Waals surface area contributed by atoms with Gasteiger partial charge in [0, 0.05) is 50.2 Å². The highest BCUT2D eigenvalue weighted by Crippen LogP contribution is 2.32. The van der Waals surface area contributed by atoms with Gasteiger partial charge < -0.3 is 4.90 Å². The average Bonchev–Trinajstić information content (AvgIpc) is 3.46. The Bertz CT molecular complexity index is 791. The first kappa shape index (κ1) is 15.7. The number of carbonyl (C=O) groups is 2. The topological polar surface area (TPSA) is 79.3 Å². The molecule has 0 atom stereocenters. The highest BCUT2D eigenvalue weighted by atomic mass is 16.2. The van der Waals surface area contributed by atoms with Crippen molar-refractivity contribution in [2.75, 3.05) is 18.0 Å². The highest BCUT2D eigenvalue weighted by molar-refractivity contribution is 6.04. The molecule has 1 fully saturated rings. The van der Waals surface area contributed by atoms with Gasteiger partial charge in [-0.05, 0) is 24.8 Å². The molecule has 0 spiro atoms. The Morgan fingerprint density at radius 2 is 2.08 bits per heavy atom. The molecule has 1 aliphatic heterocycles. The van der Waals surface area contributed by atoms with E-state index in [1.54, 1.807) is 11.1 Å². The van der Waals surface area contributed by atoms with Crippen LogP contribution in [0.2, 0.25) is 0 Å². The van der Waals surface area contributed by atoms with Gasteiger partial charge >= 0.3 is 0 Å². The highest BCUT2D eigenvalue weighted by Gasteiger charge is 2.31. The lowest BCUT2D eigenvalue weighted by Crippen LogP contribution is -2.42. The summed E-state index contributed by atoms with van der Waals surface area (Å²) in [6.45, 7) is 1.58. The largest absolute Gasteiger partial charge is 0.338 e. The zero-order valence-corrected chi connectivity index (χ0v) is 13.8. The molecule has 2 aromatic rings. The van der Waals surface area contributed by atoms with Crippen LogP contribution in [0.25, 0.3) is 0 Å². The minimum atomic E-state index is -0.281. The van der Waals surface area contributed by atoms with Crippen molar-refractivity contribution in [3.8, 4) is 0 Å². The van der Waals surface area contributed by atoms with E-state index in [1.807, 2.05) is 17.0 Å². The number of aromatic nitrogens is 3. The van der Waals surface area contributed by atoms with Crippen molar-refractivity contribution in [1.82, 2.24) is 19.9 Å². The van der Waals surface area contributed by atoms with Gasteiger partial charge in [0.2, 0.25) is 5.91 Å². The summed E-state index contributed by atoms with van der Waals surface area (Å²) in [6, 6.07) is 3.77. The van der Waals surface area contributed by atoms with Crippen LogP contribution in [-0.4, -0.2) is 44.8 Å². The zero-order chi connectivity index (χ0) is 17.2. The van der Waals surface area contributed by atoms with Crippen LogP contribution in [0.4, 0.5) is 5.82 Å². The third-order valence-electron chi connectivity index (χ3n) is 4.59. The maximum atomic E-state index is 12.9. The molecule has 2 aromatic heterocycles. The predicted molar refractivity (Wildman–Crippen MR) is 90.7 cm³/mol. The van der Waals surface area contributed by atoms with Crippen LogP contribution in [-0.2, 0) is 11.3 Å². The summed E-state index contributed by atoms with van der Waals surface area (Å²) >= 11 is 0. The molecule has 1 aliphatic carbocycles. The molecule has 7 nitrogen and oxygen atoms in total. The third-order valence-corrected chi connectivity index (χ3v) is 4.59. The first-order valence-electron chi connectivity index (χ1n) is 8.52. The van der Waals surface area contributed by atoms with Gasteiger partial charge in [-0.1, -0.05) is 6.07 Å². The number of nitrogens with zero attached hydrogens (tertiary/aromatic N) is 5. The zero-order valence-electron chi connectivity index (χ0n) is 13.8. The van der Waals surface area contributed by atoms with Crippen molar-refractivity contribution in [2.45, 2.75) is 25.8 Å². The lowest BCUT2D eigenvalue weighted by atomic mass is 10.1. The van der Waals surface area contributed by atoms with Crippen LogP contribution in [0.1, 0.15) is 35.3 Å². The number of fused-ring (bicyclic) bond motifs is 1. The fraction of sp³-hybridized carbons (Fsp3) is 0.389. The molecule has 0 N–H and O–H groups in total. The van der Waals surface area contributed by atoms with Crippen LogP contribution in [0, 0.1) is 5.92 Å². The molecule has 0 aromatic carbocycles. The number of rotatable bonds is 3. The van der Waals surface area contributed by atoms with Crippen LogP contribution in [0.3, 0.4) is 0 Å². The smallest absolute Gasteiger partial charge is 0.279 e. The van der Waals surface area contributed by atoms with Gasteiger partial charge in [0.05, 0.1) is 6.20 Å². The molecule has 0 unspecified atom stereocenters. The molecular formula is C18H19N5O2. The Morgan fingerprint density at radius 1 is 1.20 bits per heavy atom. The number of carbonyl (C=O) groups excluding carboxylic acids is 2. The summed E-state index contributed by atoms with van der Waals surface area (Å²) in [5, 5.41) is 0. The molecule has 1 saturated carbocycles. The second-order valence-corrected chi connectivity index (χ2v) is 6.50. The van der Waals surface area contributed by atoms with Gasteiger partial charge in [-0.15, -0.1) is 0 Å². The average molecular weight is 337 g/mol. The monoisotopic (exact) mass is 337 g/mol. The first-order valence-corrected chi connectivity index (χ1v) is 8.52. The first-order chi connectivity index (χ1) is 12.2. The molecular weight excluding hydrogens is 318 g/mol. The maximum Gasteiger partial charge on any atom is 0.279 e. The molecule has 0 bridgehead atoms. The van der Waals surface area contributed by atoms with Gasteiger partial charge in [-0.2, -0.15) is 0 Å². The number of pyridine rings is 1. The van der Waals surface area contributed by atoms with Crippen molar-refractivity contribution >= 4 is 17.6 Å². The Kier molecular flexibility index (Phi) is 4.13. The van der Waals surface area contributed by atoms with E-state index in [4.69, 9.17) is 0 Å². The number of hydrogen-bond donors (Lipinski definition) is 0.